The van der Waals surface area contributed by atoms with Crippen LogP contribution >= 0.6 is 11.3 Å². The summed E-state index contributed by atoms with van der Waals surface area (Å²) in [6, 6.07) is 9.05. The first-order chi connectivity index (χ1) is 9.80. The second-order valence-corrected chi connectivity index (χ2v) is 6.24. The molecule has 3 nitrogen and oxygen atoms in total. The number of alkyl halides is 3. The van der Waals surface area contributed by atoms with Gasteiger partial charge in [0.1, 0.15) is 0 Å². The summed E-state index contributed by atoms with van der Waals surface area (Å²) < 4.78 is 39.2. The highest BCUT2D eigenvalue weighted by molar-refractivity contribution is 7.20. The van der Waals surface area contributed by atoms with Crippen molar-refractivity contribution in [3.63, 3.8) is 0 Å². The van der Waals surface area contributed by atoms with Crippen LogP contribution in [0, 0.1) is 0 Å². The number of β-amino-alcohol motifs (C(OH)–C–C–N with tert-alkyl or cyclic N) is 1. The third-order valence-corrected chi connectivity index (χ3v) is 4.80. The summed E-state index contributed by atoms with van der Waals surface area (Å²) in [6.45, 7) is -0.799. The van der Waals surface area contributed by atoms with E-state index >= 15 is 0 Å². The minimum atomic E-state index is -4.72. The first kappa shape index (κ1) is 14.3. The second-order valence-electron chi connectivity index (χ2n) is 5.15. The van der Waals surface area contributed by atoms with Gasteiger partial charge in [-0.25, -0.2) is 0 Å². The van der Waals surface area contributed by atoms with Crippen molar-refractivity contribution in [2.75, 3.05) is 13.1 Å². The molecule has 1 amide bonds. The molecule has 0 saturated carbocycles. The molecule has 2 aromatic rings. The number of halogens is 3. The van der Waals surface area contributed by atoms with Gasteiger partial charge in [-0.05, 0) is 17.5 Å². The van der Waals surface area contributed by atoms with Gasteiger partial charge in [-0.2, -0.15) is 13.2 Å². The van der Waals surface area contributed by atoms with Crippen molar-refractivity contribution >= 4 is 27.3 Å². The Bertz CT molecular complexity index is 664. The third-order valence-electron chi connectivity index (χ3n) is 3.70. The van der Waals surface area contributed by atoms with Crippen LogP contribution in [0.4, 0.5) is 13.2 Å². The maximum atomic E-state index is 12.8. The molecule has 7 heteroatoms. The van der Waals surface area contributed by atoms with E-state index in [1.54, 1.807) is 6.07 Å². The lowest BCUT2D eigenvalue weighted by molar-refractivity contribution is -0.253. The number of hydrogen-bond acceptors (Lipinski definition) is 3. The van der Waals surface area contributed by atoms with Crippen molar-refractivity contribution in [2.45, 2.75) is 18.2 Å². The highest BCUT2D eigenvalue weighted by Crippen LogP contribution is 2.38. The fourth-order valence-corrected chi connectivity index (χ4v) is 3.47. The van der Waals surface area contributed by atoms with Gasteiger partial charge in [0.15, 0.2) is 5.60 Å². The van der Waals surface area contributed by atoms with Crippen molar-refractivity contribution in [1.82, 2.24) is 4.90 Å². The minimum Gasteiger partial charge on any atom is -0.379 e. The summed E-state index contributed by atoms with van der Waals surface area (Å²) in [5, 5.41) is 10.5. The summed E-state index contributed by atoms with van der Waals surface area (Å²) in [5.74, 6) is -0.462. The number of nitrogens with zero attached hydrogens (tertiary/aromatic N) is 1. The zero-order valence-corrected chi connectivity index (χ0v) is 11.7. The molecule has 1 aliphatic rings. The quantitative estimate of drug-likeness (QED) is 0.879. The molecule has 2 heterocycles. The number of amides is 1. The van der Waals surface area contributed by atoms with Crippen molar-refractivity contribution in [1.29, 1.82) is 0 Å². The first-order valence-electron chi connectivity index (χ1n) is 6.37. The Kier molecular flexibility index (Phi) is 3.22. The summed E-state index contributed by atoms with van der Waals surface area (Å²) >= 11 is 1.25. The molecule has 0 bridgehead atoms. The number of thiophene rings is 1. The van der Waals surface area contributed by atoms with E-state index in [0.717, 1.165) is 15.0 Å². The van der Waals surface area contributed by atoms with Gasteiger partial charge in [0, 0.05) is 17.7 Å². The molecule has 3 rings (SSSR count). The average Bonchev–Trinajstić information content (AvgIpc) is 3.01. The Morgan fingerprint density at radius 3 is 2.67 bits per heavy atom. The van der Waals surface area contributed by atoms with Crippen LogP contribution in [0.25, 0.3) is 10.1 Å². The summed E-state index contributed by atoms with van der Waals surface area (Å²) in [5.41, 5.74) is -2.79. The van der Waals surface area contributed by atoms with E-state index in [9.17, 15) is 23.1 Å². The van der Waals surface area contributed by atoms with E-state index in [2.05, 4.69) is 0 Å². The molecule has 0 radical (unpaired) electrons. The fourth-order valence-electron chi connectivity index (χ4n) is 2.44. The molecule has 1 aliphatic heterocycles. The summed E-state index contributed by atoms with van der Waals surface area (Å²) in [6.07, 6.45) is -5.20. The molecular weight excluding hydrogens is 303 g/mol. The number of rotatable bonds is 1. The normalized spacial score (nSPS) is 23.0. The molecule has 1 N–H and O–H groups in total. The monoisotopic (exact) mass is 315 g/mol. The average molecular weight is 315 g/mol. The number of benzene rings is 1. The highest BCUT2D eigenvalue weighted by atomic mass is 32.1. The summed E-state index contributed by atoms with van der Waals surface area (Å²) in [4.78, 5) is 13.7. The lowest BCUT2D eigenvalue weighted by atomic mass is 10.0. The predicted molar refractivity (Wildman–Crippen MR) is 73.4 cm³/mol. The molecule has 0 spiro atoms. The van der Waals surface area contributed by atoms with E-state index in [4.69, 9.17) is 0 Å². The Morgan fingerprint density at radius 2 is 2.05 bits per heavy atom. The lowest BCUT2D eigenvalue weighted by Crippen LogP contribution is -2.47. The van der Waals surface area contributed by atoms with Crippen LogP contribution in [-0.2, 0) is 0 Å². The smallest absolute Gasteiger partial charge is 0.379 e. The number of carbonyl (C=O) groups excluding carboxylic acids is 1. The molecule has 1 atom stereocenters. The van der Waals surface area contributed by atoms with Crippen LogP contribution in [-0.4, -0.2) is 40.8 Å². The topological polar surface area (TPSA) is 40.5 Å². The van der Waals surface area contributed by atoms with Crippen molar-refractivity contribution < 1.29 is 23.1 Å². The molecule has 0 aliphatic carbocycles. The van der Waals surface area contributed by atoms with Gasteiger partial charge in [-0.3, -0.25) is 4.79 Å². The highest BCUT2D eigenvalue weighted by Gasteiger charge is 2.57. The van der Waals surface area contributed by atoms with Gasteiger partial charge in [-0.1, -0.05) is 18.2 Å². The van der Waals surface area contributed by atoms with E-state index < -0.39 is 30.7 Å². The lowest BCUT2D eigenvalue weighted by Gasteiger charge is -2.25. The van der Waals surface area contributed by atoms with E-state index in [1.165, 1.54) is 11.3 Å². The number of carbonyl (C=O) groups is 1. The van der Waals surface area contributed by atoms with Gasteiger partial charge in [0.05, 0.1) is 11.4 Å². The number of fused-ring (bicyclic) bond motifs is 1. The standard InChI is InChI=1S/C14H12F3NO2S/c15-14(16,17)13(20)5-6-18(8-13)12(19)11-7-9-3-1-2-4-10(9)21-11/h1-4,7,20H,5-6,8H2. The Labute approximate surface area is 122 Å². The molecule has 1 aromatic heterocycles. The van der Waals surface area contributed by atoms with Crippen LogP contribution in [0.1, 0.15) is 16.1 Å². The van der Waals surface area contributed by atoms with Gasteiger partial charge < -0.3 is 10.0 Å². The molecule has 21 heavy (non-hydrogen) atoms. The fraction of sp³-hybridized carbons (Fsp3) is 0.357. The molecule has 1 aromatic carbocycles. The maximum absolute atomic E-state index is 12.8. The SMILES string of the molecule is O=C(c1cc2ccccc2s1)N1CCC(O)(C(F)(F)F)C1. The van der Waals surface area contributed by atoms with Crippen LogP contribution in [0.5, 0.6) is 0 Å². The third kappa shape index (κ3) is 2.40. The molecule has 112 valence electrons. The zero-order chi connectivity index (χ0) is 15.3. The number of likely N-dealkylation sites (tertiary alicyclic amines) is 1. The number of hydrogen-bond donors (Lipinski definition) is 1. The van der Waals surface area contributed by atoms with Gasteiger partial charge in [0.2, 0.25) is 0 Å². The van der Waals surface area contributed by atoms with E-state index in [1.807, 2.05) is 24.3 Å². The van der Waals surface area contributed by atoms with Crippen molar-refractivity contribution in [3.05, 3.63) is 35.2 Å². The minimum absolute atomic E-state index is 0.0942. The Balaban J connectivity index is 1.83. The second kappa shape index (κ2) is 4.71. The number of aliphatic hydroxyl groups is 1. The van der Waals surface area contributed by atoms with Gasteiger partial charge in [0.25, 0.3) is 5.91 Å². The van der Waals surface area contributed by atoms with Crippen LogP contribution in [0.15, 0.2) is 30.3 Å². The van der Waals surface area contributed by atoms with Crippen molar-refractivity contribution in [3.8, 4) is 0 Å². The van der Waals surface area contributed by atoms with E-state index in [-0.39, 0.29) is 6.54 Å². The Hall–Kier alpha value is -1.60. The Morgan fingerprint density at radius 1 is 1.33 bits per heavy atom. The maximum Gasteiger partial charge on any atom is 0.419 e. The zero-order valence-electron chi connectivity index (χ0n) is 10.9. The van der Waals surface area contributed by atoms with Gasteiger partial charge >= 0.3 is 6.18 Å². The molecule has 1 saturated heterocycles. The summed E-state index contributed by atoms with van der Waals surface area (Å²) in [7, 11) is 0. The first-order valence-corrected chi connectivity index (χ1v) is 7.19. The largest absolute Gasteiger partial charge is 0.419 e. The predicted octanol–water partition coefficient (Wildman–Crippen LogP) is 3.04. The van der Waals surface area contributed by atoms with E-state index in [0.29, 0.717) is 4.88 Å². The van der Waals surface area contributed by atoms with Crippen LogP contribution in [0.2, 0.25) is 0 Å². The molecular formula is C14H12F3NO2S. The van der Waals surface area contributed by atoms with Crippen molar-refractivity contribution in [2.24, 2.45) is 0 Å². The molecule has 1 fully saturated rings. The van der Waals surface area contributed by atoms with Crippen LogP contribution in [0.3, 0.4) is 0 Å². The van der Waals surface area contributed by atoms with Crippen LogP contribution < -0.4 is 0 Å². The molecule has 1 unspecified atom stereocenters. The van der Waals surface area contributed by atoms with Gasteiger partial charge in [-0.15, -0.1) is 11.3 Å².